The van der Waals surface area contributed by atoms with Crippen LogP contribution in [0.15, 0.2) is 66.9 Å². The molecule has 6 rings (SSSR count). The van der Waals surface area contributed by atoms with Crippen molar-refractivity contribution in [2.45, 2.75) is 26.3 Å². The van der Waals surface area contributed by atoms with Crippen LogP contribution in [0.4, 0.5) is 5.69 Å². The summed E-state index contributed by atoms with van der Waals surface area (Å²) >= 11 is 0. The van der Waals surface area contributed by atoms with Crippen molar-refractivity contribution in [3.63, 3.8) is 0 Å². The monoisotopic (exact) mass is 422 g/mol. The SMILES string of the molecule is Cc1ccc2[nH]ncc2c1-c1ccc2c(c1)NC(=O)C1(CCN(Cc3ccccc3)C1)C2. The molecular formula is C27H26N4O. The number of anilines is 1. The third-order valence-corrected chi connectivity index (χ3v) is 7.17. The van der Waals surface area contributed by atoms with Gasteiger partial charge in [0.15, 0.2) is 0 Å². The van der Waals surface area contributed by atoms with E-state index in [4.69, 9.17) is 0 Å². The second-order valence-corrected chi connectivity index (χ2v) is 9.32. The maximum Gasteiger partial charge on any atom is 0.232 e. The highest BCUT2D eigenvalue weighted by molar-refractivity contribution is 6.01. The van der Waals surface area contributed by atoms with Crippen molar-refractivity contribution < 1.29 is 4.79 Å². The molecule has 160 valence electrons. The number of fused-ring (bicyclic) bond motifs is 2. The first-order valence-corrected chi connectivity index (χ1v) is 11.3. The zero-order valence-corrected chi connectivity index (χ0v) is 18.2. The van der Waals surface area contributed by atoms with E-state index in [-0.39, 0.29) is 11.3 Å². The maximum absolute atomic E-state index is 13.3. The van der Waals surface area contributed by atoms with Crippen molar-refractivity contribution in [1.29, 1.82) is 0 Å². The van der Waals surface area contributed by atoms with Gasteiger partial charge in [-0.1, -0.05) is 48.5 Å². The molecule has 1 unspecified atom stereocenters. The molecule has 1 fully saturated rings. The number of carbonyl (C=O) groups excluding carboxylic acids is 1. The molecule has 0 bridgehead atoms. The fraction of sp³-hybridized carbons (Fsp3) is 0.259. The van der Waals surface area contributed by atoms with Crippen LogP contribution in [-0.2, 0) is 17.8 Å². The van der Waals surface area contributed by atoms with Crippen LogP contribution in [0.25, 0.3) is 22.0 Å². The predicted octanol–water partition coefficient (Wildman–Crippen LogP) is 4.93. The molecule has 1 saturated heterocycles. The number of carbonyl (C=O) groups is 1. The number of hydrogen-bond acceptors (Lipinski definition) is 3. The van der Waals surface area contributed by atoms with Gasteiger partial charge in [-0.25, -0.2) is 0 Å². The molecule has 1 aromatic heterocycles. The Morgan fingerprint density at radius 1 is 1.09 bits per heavy atom. The normalized spacial score (nSPS) is 20.6. The van der Waals surface area contributed by atoms with Gasteiger partial charge in [0.05, 0.1) is 17.1 Å². The van der Waals surface area contributed by atoms with Crippen molar-refractivity contribution in [1.82, 2.24) is 15.1 Å². The third kappa shape index (κ3) is 3.12. The van der Waals surface area contributed by atoms with Crippen LogP contribution in [0, 0.1) is 12.3 Å². The minimum absolute atomic E-state index is 0.163. The number of aromatic nitrogens is 2. The molecule has 32 heavy (non-hydrogen) atoms. The van der Waals surface area contributed by atoms with E-state index in [1.54, 1.807) is 0 Å². The summed E-state index contributed by atoms with van der Waals surface area (Å²) in [5.74, 6) is 0.163. The molecule has 0 radical (unpaired) electrons. The Kier molecular flexibility index (Phi) is 4.40. The molecule has 0 saturated carbocycles. The van der Waals surface area contributed by atoms with Crippen LogP contribution in [0.3, 0.4) is 0 Å². The standard InChI is InChI=1S/C27H26N4O/c1-18-7-10-23-22(15-28-30-23)25(18)20-8-9-21-14-27(26(32)29-24(21)13-20)11-12-31(17-27)16-19-5-3-2-4-6-19/h2-10,13,15H,11-12,14,16-17H2,1H3,(H,28,30)(H,29,32). The van der Waals surface area contributed by atoms with Crippen LogP contribution < -0.4 is 5.32 Å². The molecule has 2 N–H and O–H groups in total. The predicted molar refractivity (Wildman–Crippen MR) is 127 cm³/mol. The number of nitrogens with zero attached hydrogens (tertiary/aromatic N) is 2. The number of likely N-dealkylation sites (tertiary alicyclic amines) is 1. The molecule has 5 nitrogen and oxygen atoms in total. The number of amides is 1. The Morgan fingerprint density at radius 2 is 1.97 bits per heavy atom. The number of aromatic amines is 1. The van der Waals surface area contributed by atoms with Crippen molar-refractivity contribution >= 4 is 22.5 Å². The number of H-pyrrole nitrogens is 1. The molecule has 4 aromatic rings. The van der Waals surface area contributed by atoms with Gasteiger partial charge in [-0.15, -0.1) is 0 Å². The summed E-state index contributed by atoms with van der Waals surface area (Å²) in [7, 11) is 0. The summed E-state index contributed by atoms with van der Waals surface area (Å²) in [6.07, 6.45) is 3.58. The summed E-state index contributed by atoms with van der Waals surface area (Å²) in [6, 6.07) is 21.2. The summed E-state index contributed by atoms with van der Waals surface area (Å²) in [5.41, 5.74) is 7.65. The van der Waals surface area contributed by atoms with Gasteiger partial charge in [-0.3, -0.25) is 14.8 Å². The first kappa shape index (κ1) is 19.3. The quantitative estimate of drug-likeness (QED) is 0.492. The Hall–Kier alpha value is -3.44. The van der Waals surface area contributed by atoms with Gasteiger partial charge >= 0.3 is 0 Å². The fourth-order valence-corrected chi connectivity index (χ4v) is 5.48. The highest BCUT2D eigenvalue weighted by Crippen LogP contribution is 2.43. The second-order valence-electron chi connectivity index (χ2n) is 9.32. The van der Waals surface area contributed by atoms with Crippen LogP contribution >= 0.6 is 0 Å². The largest absolute Gasteiger partial charge is 0.325 e. The van der Waals surface area contributed by atoms with Crippen molar-refractivity contribution in [2.75, 3.05) is 18.4 Å². The first-order valence-electron chi connectivity index (χ1n) is 11.3. The van der Waals surface area contributed by atoms with Crippen molar-refractivity contribution in [3.05, 3.63) is 83.6 Å². The number of rotatable bonds is 3. The maximum atomic E-state index is 13.3. The first-order chi connectivity index (χ1) is 15.6. The van der Waals surface area contributed by atoms with E-state index in [2.05, 4.69) is 81.9 Å². The van der Waals surface area contributed by atoms with Crippen LogP contribution in [0.2, 0.25) is 0 Å². The van der Waals surface area contributed by atoms with E-state index < -0.39 is 0 Å². The van der Waals surface area contributed by atoms with Crippen LogP contribution in [0.5, 0.6) is 0 Å². The number of nitrogens with one attached hydrogen (secondary N) is 2. The average molecular weight is 423 g/mol. The summed E-state index contributed by atoms with van der Waals surface area (Å²) in [5, 5.41) is 11.6. The number of hydrogen-bond donors (Lipinski definition) is 2. The molecule has 1 spiro atoms. The summed E-state index contributed by atoms with van der Waals surface area (Å²) in [6.45, 7) is 4.78. The highest BCUT2D eigenvalue weighted by Gasteiger charge is 2.47. The lowest BCUT2D eigenvalue weighted by Crippen LogP contribution is -2.43. The van der Waals surface area contributed by atoms with E-state index >= 15 is 0 Å². The van der Waals surface area contributed by atoms with Gasteiger partial charge in [0.2, 0.25) is 5.91 Å². The van der Waals surface area contributed by atoms with Gasteiger partial charge in [-0.2, -0.15) is 5.10 Å². The molecule has 0 aliphatic carbocycles. The molecule has 1 amide bonds. The summed E-state index contributed by atoms with van der Waals surface area (Å²) < 4.78 is 0. The van der Waals surface area contributed by atoms with Crippen molar-refractivity contribution in [2.24, 2.45) is 5.41 Å². The Bertz CT molecular complexity index is 1330. The van der Waals surface area contributed by atoms with E-state index in [0.29, 0.717) is 0 Å². The lowest BCUT2D eigenvalue weighted by atomic mass is 9.76. The second kappa shape index (κ2) is 7.31. The topological polar surface area (TPSA) is 61.0 Å². The molecule has 3 aromatic carbocycles. The Labute approximate surface area is 187 Å². The van der Waals surface area contributed by atoms with E-state index in [1.807, 2.05) is 12.3 Å². The van der Waals surface area contributed by atoms with Gasteiger partial charge in [-0.05, 0) is 66.3 Å². The third-order valence-electron chi connectivity index (χ3n) is 7.17. The Balaban J connectivity index is 1.29. The molecule has 2 aliphatic rings. The number of benzene rings is 3. The van der Waals surface area contributed by atoms with Gasteiger partial charge in [0, 0.05) is 24.2 Å². The molecular weight excluding hydrogens is 396 g/mol. The summed E-state index contributed by atoms with van der Waals surface area (Å²) in [4.78, 5) is 15.7. The van der Waals surface area contributed by atoms with Gasteiger partial charge in [0.25, 0.3) is 0 Å². The minimum Gasteiger partial charge on any atom is -0.325 e. The molecule has 1 atom stereocenters. The number of aryl methyl sites for hydroxylation is 1. The zero-order chi connectivity index (χ0) is 21.7. The van der Waals surface area contributed by atoms with Crippen molar-refractivity contribution in [3.8, 4) is 11.1 Å². The smallest absolute Gasteiger partial charge is 0.232 e. The van der Waals surface area contributed by atoms with Gasteiger partial charge < -0.3 is 5.32 Å². The fourth-order valence-electron chi connectivity index (χ4n) is 5.48. The van der Waals surface area contributed by atoms with E-state index in [0.717, 1.165) is 54.6 Å². The lowest BCUT2D eigenvalue weighted by molar-refractivity contribution is -0.125. The Morgan fingerprint density at radius 3 is 2.84 bits per heavy atom. The van der Waals surface area contributed by atoms with E-state index in [1.165, 1.54) is 22.3 Å². The van der Waals surface area contributed by atoms with Crippen LogP contribution in [-0.4, -0.2) is 34.1 Å². The minimum atomic E-state index is -0.330. The van der Waals surface area contributed by atoms with Crippen LogP contribution in [0.1, 0.15) is 23.1 Å². The lowest BCUT2D eigenvalue weighted by Gasteiger charge is -2.34. The van der Waals surface area contributed by atoms with E-state index in [9.17, 15) is 4.79 Å². The average Bonchev–Trinajstić information content (AvgIpc) is 3.43. The van der Waals surface area contributed by atoms with Gasteiger partial charge in [0.1, 0.15) is 0 Å². The molecule has 2 aliphatic heterocycles. The molecule has 5 heteroatoms. The zero-order valence-electron chi connectivity index (χ0n) is 18.2. The highest BCUT2D eigenvalue weighted by atomic mass is 16.2. The molecule has 3 heterocycles.